The van der Waals surface area contributed by atoms with E-state index in [1.54, 1.807) is 27.5 Å². The fourth-order valence-electron chi connectivity index (χ4n) is 6.18. The molecule has 11 heteroatoms. The number of hydrogen-bond donors (Lipinski definition) is 1. The first-order valence-electron chi connectivity index (χ1n) is 16.2. The molecule has 1 aromatic carbocycles. The molecule has 1 aliphatic carbocycles. The maximum absolute atomic E-state index is 12.5. The summed E-state index contributed by atoms with van der Waals surface area (Å²) in [6.45, 7) is 11.2. The van der Waals surface area contributed by atoms with Crippen LogP contribution in [0.5, 0.6) is 11.5 Å². The summed E-state index contributed by atoms with van der Waals surface area (Å²) in [5, 5.41) is 3.48. The molecular weight excluding hydrogens is 630 g/mol. The van der Waals surface area contributed by atoms with E-state index in [9.17, 15) is 4.79 Å². The number of fused-ring (bicyclic) bond motifs is 1. The number of imidazole rings is 1. The van der Waals surface area contributed by atoms with Crippen molar-refractivity contribution in [3.05, 3.63) is 106 Å². The van der Waals surface area contributed by atoms with Crippen LogP contribution in [0.2, 0.25) is 5.02 Å². The average molecular weight is 674 g/mol. The van der Waals surface area contributed by atoms with Crippen molar-refractivity contribution in [3.8, 4) is 11.5 Å². The zero-order valence-electron chi connectivity index (χ0n) is 28.3. The van der Waals surface area contributed by atoms with Crippen LogP contribution in [0.15, 0.2) is 89.2 Å². The standard InChI is InChI=1S/C37H44ClN5O5/c1-7-27-32(46-5)22-33(47-6)36(38)35(27)29-18-24(3)23-40-30(10-9-12-43-13-11-39-37(29)43)28-20-25(41-34(44)8-2)19-26(21-31(28)45-4)42-14-16-48-17-15-42/h8,10-11,13,18-24,26H,2,7,9,12,14-17H2,1,3-6H3,(H,41,44)/b29-18-,30-10-,40-23-. The molecule has 254 valence electrons. The largest absolute Gasteiger partial charge is 0.496 e. The Morgan fingerprint density at radius 3 is 2.56 bits per heavy atom. The number of nitrogens with one attached hydrogen (secondary N) is 1. The lowest BCUT2D eigenvalue weighted by Crippen LogP contribution is -2.42. The van der Waals surface area contributed by atoms with Crippen molar-refractivity contribution in [1.29, 1.82) is 0 Å². The molecule has 0 saturated carbocycles. The molecule has 2 aliphatic heterocycles. The number of nitrogens with zero attached hydrogens (tertiary/aromatic N) is 4. The summed E-state index contributed by atoms with van der Waals surface area (Å²) in [4.78, 5) is 24.6. The van der Waals surface area contributed by atoms with E-state index >= 15 is 0 Å². The first-order chi connectivity index (χ1) is 23.3. The highest BCUT2D eigenvalue weighted by atomic mass is 35.5. The van der Waals surface area contributed by atoms with Crippen LogP contribution in [0, 0.1) is 5.92 Å². The summed E-state index contributed by atoms with van der Waals surface area (Å²) < 4.78 is 25.2. The predicted octanol–water partition coefficient (Wildman–Crippen LogP) is 5.90. The van der Waals surface area contributed by atoms with E-state index in [2.05, 4.69) is 53.4 Å². The second-order valence-corrected chi connectivity index (χ2v) is 12.0. The number of aromatic nitrogens is 2. The van der Waals surface area contributed by atoms with E-state index < -0.39 is 0 Å². The Balaban J connectivity index is 1.62. The van der Waals surface area contributed by atoms with Gasteiger partial charge in [-0.3, -0.25) is 14.7 Å². The number of benzene rings is 1. The highest BCUT2D eigenvalue weighted by Gasteiger charge is 2.26. The van der Waals surface area contributed by atoms with Crippen molar-refractivity contribution in [1.82, 2.24) is 19.8 Å². The zero-order valence-corrected chi connectivity index (χ0v) is 29.0. The summed E-state index contributed by atoms with van der Waals surface area (Å²) in [6, 6.07) is 1.70. The van der Waals surface area contributed by atoms with Crippen LogP contribution in [0.25, 0.3) is 5.57 Å². The normalized spacial score (nSPS) is 23.2. The van der Waals surface area contributed by atoms with E-state index in [1.807, 2.05) is 30.6 Å². The first kappa shape index (κ1) is 34.9. The molecule has 0 bridgehead atoms. The summed E-state index contributed by atoms with van der Waals surface area (Å²) in [6.07, 6.45) is 18.5. The van der Waals surface area contributed by atoms with Gasteiger partial charge >= 0.3 is 0 Å². The highest BCUT2D eigenvalue weighted by Crippen LogP contribution is 2.43. The maximum Gasteiger partial charge on any atom is 0.247 e. The Morgan fingerprint density at radius 1 is 1.10 bits per heavy atom. The molecule has 2 aromatic rings. The Bertz CT molecular complexity index is 1710. The van der Waals surface area contributed by atoms with Gasteiger partial charge in [-0.05, 0) is 37.1 Å². The smallest absolute Gasteiger partial charge is 0.247 e. The van der Waals surface area contributed by atoms with Gasteiger partial charge in [0.25, 0.3) is 0 Å². The van der Waals surface area contributed by atoms with E-state index in [-0.39, 0.29) is 17.9 Å². The van der Waals surface area contributed by atoms with Gasteiger partial charge < -0.3 is 28.8 Å². The van der Waals surface area contributed by atoms with Crippen molar-refractivity contribution < 1.29 is 23.7 Å². The third-order valence-electron chi connectivity index (χ3n) is 8.56. The first-order valence-corrected chi connectivity index (χ1v) is 16.6. The molecule has 2 unspecified atom stereocenters. The molecule has 1 aromatic heterocycles. The lowest BCUT2D eigenvalue weighted by Gasteiger charge is -2.31. The lowest BCUT2D eigenvalue weighted by molar-refractivity contribution is -0.115. The van der Waals surface area contributed by atoms with Gasteiger partial charge in [-0.25, -0.2) is 4.98 Å². The van der Waals surface area contributed by atoms with Crippen LogP contribution in [0.4, 0.5) is 0 Å². The van der Waals surface area contributed by atoms with Gasteiger partial charge in [0.05, 0.1) is 51.3 Å². The second kappa shape index (κ2) is 16.1. The lowest BCUT2D eigenvalue weighted by atomic mass is 9.93. The quantitative estimate of drug-likeness (QED) is 0.331. The Hall–Kier alpha value is -4.38. The minimum Gasteiger partial charge on any atom is -0.496 e. The molecule has 1 saturated heterocycles. The van der Waals surface area contributed by atoms with Crippen molar-refractivity contribution in [2.75, 3.05) is 47.6 Å². The Kier molecular flexibility index (Phi) is 11.8. The maximum atomic E-state index is 12.5. The Morgan fingerprint density at radius 2 is 1.88 bits per heavy atom. The van der Waals surface area contributed by atoms with Crippen molar-refractivity contribution in [2.24, 2.45) is 10.9 Å². The third-order valence-corrected chi connectivity index (χ3v) is 8.93. The number of aryl methyl sites for hydroxylation is 1. The number of halogens is 1. The monoisotopic (exact) mass is 673 g/mol. The second-order valence-electron chi connectivity index (χ2n) is 11.6. The van der Waals surface area contributed by atoms with Crippen molar-refractivity contribution >= 4 is 29.3 Å². The summed E-state index contributed by atoms with van der Waals surface area (Å²) >= 11 is 7.05. The van der Waals surface area contributed by atoms with E-state index in [0.29, 0.717) is 60.6 Å². The molecule has 3 heterocycles. The molecular formula is C37H44ClN5O5. The van der Waals surface area contributed by atoms with Gasteiger partial charge in [-0.2, -0.15) is 0 Å². The minimum atomic E-state index is -0.295. The van der Waals surface area contributed by atoms with Crippen LogP contribution < -0.4 is 14.8 Å². The van der Waals surface area contributed by atoms with Crippen LogP contribution >= 0.6 is 11.6 Å². The molecule has 10 nitrogen and oxygen atoms in total. The molecule has 0 spiro atoms. The van der Waals surface area contributed by atoms with Gasteiger partial charge in [0.15, 0.2) is 0 Å². The fourth-order valence-corrected chi connectivity index (χ4v) is 6.53. The molecule has 2 atom stereocenters. The van der Waals surface area contributed by atoms with Crippen LogP contribution in [-0.2, 0) is 27.2 Å². The number of allylic oxidation sites excluding steroid dienone is 3. The number of hydrogen-bond acceptors (Lipinski definition) is 8. The van der Waals surface area contributed by atoms with Gasteiger partial charge in [0.1, 0.15) is 23.1 Å². The van der Waals surface area contributed by atoms with E-state index in [0.717, 1.165) is 46.9 Å². The number of methoxy groups -OCH3 is 3. The van der Waals surface area contributed by atoms with Crippen LogP contribution in [0.3, 0.4) is 0 Å². The zero-order chi connectivity index (χ0) is 34.2. The molecule has 1 amide bonds. The number of carbonyl (C=O) groups excluding carboxylic acids is 1. The number of ether oxygens (including phenoxy) is 4. The van der Waals surface area contributed by atoms with E-state index in [1.165, 1.54) is 6.08 Å². The van der Waals surface area contributed by atoms with Gasteiger partial charge in [-0.15, -0.1) is 0 Å². The number of morpholine rings is 1. The number of rotatable bonds is 9. The van der Waals surface area contributed by atoms with Gasteiger partial charge in [0, 0.05) is 78.2 Å². The predicted molar refractivity (Wildman–Crippen MR) is 189 cm³/mol. The topological polar surface area (TPSA) is 99.4 Å². The molecule has 1 fully saturated rings. The number of aliphatic imine (C=N–C) groups is 1. The van der Waals surface area contributed by atoms with Crippen molar-refractivity contribution in [2.45, 2.75) is 39.3 Å². The molecule has 5 rings (SSSR count). The summed E-state index contributed by atoms with van der Waals surface area (Å²) in [5.74, 6) is 2.25. The summed E-state index contributed by atoms with van der Waals surface area (Å²) in [5.41, 5.74) is 4.80. The van der Waals surface area contributed by atoms with Gasteiger partial charge in [-0.1, -0.05) is 44.2 Å². The SMILES string of the molecule is C=CC(=O)NC1=CC(N2CCOCC2)C=C(OC)C(C2=C/CCn3ccnc3/C(c3c(Cl)c(OC)cc(OC)c3CC)=C\C(C)/C=N\2)=C1. The van der Waals surface area contributed by atoms with Crippen LogP contribution in [-0.4, -0.2) is 80.2 Å². The van der Waals surface area contributed by atoms with Gasteiger partial charge in [0.2, 0.25) is 5.91 Å². The molecule has 0 radical (unpaired) electrons. The fraction of sp³-hybridized carbons (Fsp3) is 0.378. The van der Waals surface area contributed by atoms with E-state index in [4.69, 9.17) is 40.5 Å². The molecule has 1 N–H and O–H groups in total. The Labute approximate surface area is 287 Å². The summed E-state index contributed by atoms with van der Waals surface area (Å²) in [7, 11) is 4.91. The minimum absolute atomic E-state index is 0.125. The third kappa shape index (κ3) is 7.67. The number of amides is 1. The average Bonchev–Trinajstić information content (AvgIpc) is 3.48. The van der Waals surface area contributed by atoms with Crippen molar-refractivity contribution in [3.63, 3.8) is 0 Å². The number of carbonyl (C=O) groups is 1. The molecule has 3 aliphatic rings. The van der Waals surface area contributed by atoms with Crippen LogP contribution in [0.1, 0.15) is 37.2 Å². The highest BCUT2D eigenvalue weighted by molar-refractivity contribution is 6.34. The molecule has 48 heavy (non-hydrogen) atoms.